The summed E-state index contributed by atoms with van der Waals surface area (Å²) in [5, 5.41) is 20.9. The predicted molar refractivity (Wildman–Crippen MR) is 202 cm³/mol. The van der Waals surface area contributed by atoms with E-state index in [1.54, 1.807) is 24.3 Å². The number of carbonyl (C=O) groups is 3. The lowest BCUT2D eigenvalue weighted by molar-refractivity contribution is -0.154. The molecule has 0 saturated carbocycles. The Morgan fingerprint density at radius 1 is 1.06 bits per heavy atom. The van der Waals surface area contributed by atoms with E-state index in [0.29, 0.717) is 29.7 Å². The summed E-state index contributed by atoms with van der Waals surface area (Å²) in [6.07, 6.45) is 3.38. The van der Waals surface area contributed by atoms with Crippen molar-refractivity contribution in [2.75, 3.05) is 36.6 Å². The second kappa shape index (κ2) is 15.0. The molecular formula is C39H51N7O6. The Balaban J connectivity index is 1.37. The van der Waals surface area contributed by atoms with Gasteiger partial charge in [-0.05, 0) is 108 Å². The number of aliphatic imine (C=N–C) groups is 1. The number of aliphatic carboxylic acids is 1. The molecule has 1 aromatic heterocycles. The number of ether oxygens (including phenoxy) is 2. The fraction of sp³-hybridized carbons (Fsp3) is 0.513. The van der Waals surface area contributed by atoms with Gasteiger partial charge in [-0.25, -0.2) is 14.8 Å². The Hall–Kier alpha value is -4.91. The molecule has 0 atom stereocenters. The minimum atomic E-state index is -1.14. The van der Waals surface area contributed by atoms with E-state index in [9.17, 15) is 14.4 Å². The number of esters is 1. The van der Waals surface area contributed by atoms with Crippen LogP contribution in [0, 0.1) is 17.8 Å². The molecule has 13 heteroatoms. The second-order valence-electron chi connectivity index (χ2n) is 15.8. The number of carboxylic acid groups (broad SMARTS) is 1. The predicted octanol–water partition coefficient (Wildman–Crippen LogP) is 6.58. The molecule has 0 aliphatic carbocycles. The van der Waals surface area contributed by atoms with Crippen LogP contribution in [-0.4, -0.2) is 81.2 Å². The van der Waals surface area contributed by atoms with Crippen LogP contribution in [0.25, 0.3) is 11.4 Å². The Morgan fingerprint density at radius 3 is 2.42 bits per heavy atom. The van der Waals surface area contributed by atoms with Gasteiger partial charge in [0.1, 0.15) is 18.9 Å². The van der Waals surface area contributed by atoms with Gasteiger partial charge in [0, 0.05) is 34.4 Å². The minimum absolute atomic E-state index is 0.0515. The fourth-order valence-corrected chi connectivity index (χ4v) is 6.10. The summed E-state index contributed by atoms with van der Waals surface area (Å²) in [6.45, 7) is 19.0. The van der Waals surface area contributed by atoms with Crippen molar-refractivity contribution in [3.05, 3.63) is 53.3 Å². The van der Waals surface area contributed by atoms with Gasteiger partial charge in [-0.15, -0.1) is 9.89 Å². The Labute approximate surface area is 305 Å². The average molecular weight is 714 g/mol. The molecule has 2 aliphatic rings. The van der Waals surface area contributed by atoms with Crippen LogP contribution in [0.2, 0.25) is 0 Å². The summed E-state index contributed by atoms with van der Waals surface area (Å²) in [5.74, 6) is -0.734. The molecule has 5 rings (SSSR count). The summed E-state index contributed by atoms with van der Waals surface area (Å²) < 4.78 is 10.5. The topological polar surface area (TPSA) is 161 Å². The van der Waals surface area contributed by atoms with Gasteiger partial charge in [0.2, 0.25) is 11.7 Å². The molecule has 2 N–H and O–H groups in total. The van der Waals surface area contributed by atoms with Gasteiger partial charge >= 0.3 is 11.9 Å². The Bertz CT molecular complexity index is 1900. The molecule has 52 heavy (non-hydrogen) atoms. The van der Waals surface area contributed by atoms with Gasteiger partial charge in [-0.3, -0.25) is 9.59 Å². The van der Waals surface area contributed by atoms with Crippen molar-refractivity contribution in [3.63, 3.8) is 0 Å². The van der Waals surface area contributed by atoms with E-state index >= 15 is 0 Å². The number of aryl methyl sites for hydroxylation is 2. The fourth-order valence-electron chi connectivity index (χ4n) is 6.10. The number of carbonyl (C=O) groups excluding carboxylic acids is 2. The number of hydrogen-bond acceptors (Lipinski definition) is 10. The van der Waals surface area contributed by atoms with Gasteiger partial charge < -0.3 is 24.8 Å². The van der Waals surface area contributed by atoms with Crippen molar-refractivity contribution in [1.29, 1.82) is 0 Å². The quantitative estimate of drug-likeness (QED) is 0.147. The molecule has 0 bridgehead atoms. The molecule has 0 spiro atoms. The molecule has 3 aromatic rings. The highest BCUT2D eigenvalue weighted by atomic mass is 16.5. The first kappa shape index (κ1) is 38.3. The zero-order chi connectivity index (χ0) is 38.0. The van der Waals surface area contributed by atoms with E-state index in [1.807, 2.05) is 20.8 Å². The van der Waals surface area contributed by atoms with Crippen molar-refractivity contribution in [2.45, 2.75) is 93.5 Å². The molecule has 13 nitrogen and oxygen atoms in total. The minimum Gasteiger partial charge on any atom is -0.480 e. The van der Waals surface area contributed by atoms with E-state index in [-0.39, 0.29) is 23.5 Å². The number of benzene rings is 2. The number of carboxylic acids is 1. The van der Waals surface area contributed by atoms with Crippen molar-refractivity contribution in [2.24, 2.45) is 20.9 Å². The van der Waals surface area contributed by atoms with E-state index in [1.165, 1.54) is 16.0 Å². The standard InChI is InChI=1S/C39H51N7O6/c1-10-38(6,7)36(50)52-19-11-18-45-29-20-24(2)28(21-26(29)16-17-39(45,8)9)41-32-33(37(3,4)5)43-46-35(32)42-34(44-46)25-12-14-27(15-13-25)40-30(47)22-51-23-31(48)49/h12-15,20-21H,10-11,16-19,22-23H2,1-9H3,(H,40,47)(H,48,49). The van der Waals surface area contributed by atoms with Gasteiger partial charge in [0.25, 0.3) is 0 Å². The van der Waals surface area contributed by atoms with Crippen molar-refractivity contribution >= 4 is 46.3 Å². The van der Waals surface area contributed by atoms with Crippen LogP contribution in [0.1, 0.15) is 91.6 Å². The number of hydrogen-bond donors (Lipinski definition) is 2. The van der Waals surface area contributed by atoms with Crippen molar-refractivity contribution in [3.8, 4) is 11.4 Å². The molecule has 0 unspecified atom stereocenters. The molecule has 3 heterocycles. The third kappa shape index (κ3) is 8.58. The van der Waals surface area contributed by atoms with Gasteiger partial charge in [0.15, 0.2) is 5.82 Å². The highest BCUT2D eigenvalue weighted by molar-refractivity contribution is 6.50. The average Bonchev–Trinajstić information content (AvgIpc) is 3.64. The maximum atomic E-state index is 12.5. The number of aromatic nitrogens is 3. The SMILES string of the molecule is CCC(C)(C)C(=O)OCCCN1c2cc(C)c(N=C3C(C(C)(C)C)=Nn4nc(-c5ccc(NC(=O)COCC(=O)O)cc5)nc43)cc2CCC1(C)C. The molecule has 278 valence electrons. The normalized spacial score (nSPS) is 16.0. The second-order valence-corrected chi connectivity index (χ2v) is 15.8. The molecule has 0 fully saturated rings. The number of nitrogens with one attached hydrogen (secondary N) is 1. The van der Waals surface area contributed by atoms with Gasteiger partial charge in [0.05, 0.1) is 23.4 Å². The van der Waals surface area contributed by atoms with E-state index in [2.05, 4.69) is 69.0 Å². The van der Waals surface area contributed by atoms with Crippen LogP contribution >= 0.6 is 0 Å². The summed E-state index contributed by atoms with van der Waals surface area (Å²) in [5.41, 5.74) is 6.15. The maximum absolute atomic E-state index is 12.5. The largest absolute Gasteiger partial charge is 0.480 e. The third-order valence-electron chi connectivity index (χ3n) is 9.67. The number of rotatable bonds is 13. The zero-order valence-corrected chi connectivity index (χ0v) is 31.8. The molecule has 2 aromatic carbocycles. The van der Waals surface area contributed by atoms with Crippen LogP contribution in [0.5, 0.6) is 0 Å². The molecular weight excluding hydrogens is 662 g/mol. The molecule has 2 aliphatic heterocycles. The van der Waals surface area contributed by atoms with Gasteiger partial charge in [-0.1, -0.05) is 27.7 Å². The maximum Gasteiger partial charge on any atom is 0.329 e. The number of amides is 1. The number of nitrogens with zero attached hydrogens (tertiary/aromatic N) is 6. The van der Waals surface area contributed by atoms with E-state index < -0.39 is 23.9 Å². The Morgan fingerprint density at radius 2 is 1.77 bits per heavy atom. The number of fused-ring (bicyclic) bond motifs is 2. The van der Waals surface area contributed by atoms with Crippen LogP contribution in [-0.2, 0) is 30.3 Å². The summed E-state index contributed by atoms with van der Waals surface area (Å²) in [7, 11) is 0. The highest BCUT2D eigenvalue weighted by Crippen LogP contribution is 2.41. The van der Waals surface area contributed by atoms with Crippen molar-refractivity contribution in [1.82, 2.24) is 14.9 Å². The lowest BCUT2D eigenvalue weighted by atomic mass is 9.85. The first-order valence-electron chi connectivity index (χ1n) is 17.8. The third-order valence-corrected chi connectivity index (χ3v) is 9.67. The van der Waals surface area contributed by atoms with Crippen LogP contribution in [0.15, 0.2) is 46.5 Å². The summed E-state index contributed by atoms with van der Waals surface area (Å²) in [4.78, 5) is 49.3. The Kier molecular flexibility index (Phi) is 11.0. The first-order valence-corrected chi connectivity index (χ1v) is 17.8. The summed E-state index contributed by atoms with van der Waals surface area (Å²) in [6, 6.07) is 11.4. The lowest BCUT2D eigenvalue weighted by Gasteiger charge is -2.45. The zero-order valence-electron chi connectivity index (χ0n) is 31.8. The van der Waals surface area contributed by atoms with Crippen LogP contribution in [0.4, 0.5) is 17.1 Å². The van der Waals surface area contributed by atoms with Crippen LogP contribution in [0.3, 0.4) is 0 Å². The van der Waals surface area contributed by atoms with E-state index in [4.69, 9.17) is 29.7 Å². The monoisotopic (exact) mass is 713 g/mol. The van der Waals surface area contributed by atoms with Crippen molar-refractivity contribution < 1.29 is 29.0 Å². The van der Waals surface area contributed by atoms with E-state index in [0.717, 1.165) is 54.8 Å². The summed E-state index contributed by atoms with van der Waals surface area (Å²) >= 11 is 0. The highest BCUT2D eigenvalue weighted by Gasteiger charge is 2.36. The molecule has 0 saturated heterocycles. The smallest absolute Gasteiger partial charge is 0.329 e. The van der Waals surface area contributed by atoms with Crippen LogP contribution < -0.4 is 10.2 Å². The lowest BCUT2D eigenvalue weighted by Crippen LogP contribution is -2.48. The number of anilines is 2. The molecule has 1 amide bonds. The first-order chi connectivity index (χ1) is 24.4. The molecule has 0 radical (unpaired) electrons. The van der Waals surface area contributed by atoms with Gasteiger partial charge in [-0.2, -0.15) is 5.10 Å².